The molecule has 0 radical (unpaired) electrons. The lowest BCUT2D eigenvalue weighted by molar-refractivity contribution is -0.384. The zero-order chi connectivity index (χ0) is 21.2. The summed E-state index contributed by atoms with van der Waals surface area (Å²) in [5.74, 6) is -1.09. The number of benzene rings is 2. The Kier molecular flexibility index (Phi) is 5.80. The molecule has 0 N–H and O–H groups in total. The van der Waals surface area contributed by atoms with Crippen LogP contribution in [0.4, 0.5) is 5.69 Å². The number of rotatable bonds is 6. The summed E-state index contributed by atoms with van der Waals surface area (Å²) < 4.78 is 32.3. The minimum absolute atomic E-state index is 0.00261. The van der Waals surface area contributed by atoms with Crippen molar-refractivity contribution in [2.24, 2.45) is 4.99 Å². The van der Waals surface area contributed by atoms with Crippen LogP contribution >= 0.6 is 11.3 Å². The molecule has 0 saturated heterocycles. The molecule has 0 aliphatic heterocycles. The van der Waals surface area contributed by atoms with Gasteiger partial charge in [0.25, 0.3) is 11.6 Å². The van der Waals surface area contributed by atoms with Crippen molar-refractivity contribution in [2.45, 2.75) is 18.4 Å². The molecule has 29 heavy (non-hydrogen) atoms. The van der Waals surface area contributed by atoms with Crippen LogP contribution in [0.25, 0.3) is 10.2 Å². The number of hydrogen-bond donors (Lipinski definition) is 0. The second kappa shape index (κ2) is 8.13. The molecule has 3 aromatic rings. The highest BCUT2D eigenvalue weighted by molar-refractivity contribution is 7.92. The van der Waals surface area contributed by atoms with E-state index in [1.54, 1.807) is 10.6 Å². The number of sulfone groups is 1. The van der Waals surface area contributed by atoms with Gasteiger partial charge in [-0.25, -0.2) is 8.42 Å². The molecule has 3 rings (SSSR count). The zero-order valence-corrected chi connectivity index (χ0v) is 17.2. The van der Waals surface area contributed by atoms with Crippen LogP contribution in [-0.4, -0.2) is 36.7 Å². The van der Waals surface area contributed by atoms with Crippen molar-refractivity contribution < 1.29 is 22.9 Å². The molecule has 0 unspecified atom stereocenters. The van der Waals surface area contributed by atoms with E-state index in [4.69, 9.17) is 4.74 Å². The maximum Gasteiger partial charge on any atom is 0.271 e. The van der Waals surface area contributed by atoms with Crippen LogP contribution < -0.4 is 9.54 Å². The lowest BCUT2D eigenvalue weighted by Gasteiger charge is -2.04. The number of ether oxygens (including phenoxy) is 1. The third kappa shape index (κ3) is 4.35. The molecule has 2 aromatic carbocycles. The number of aryl methyl sites for hydroxylation is 1. The second-order valence-electron chi connectivity index (χ2n) is 5.98. The number of hydrogen-bond acceptors (Lipinski definition) is 7. The minimum atomic E-state index is -3.86. The summed E-state index contributed by atoms with van der Waals surface area (Å²) in [6, 6.07) is 10.1. The van der Waals surface area contributed by atoms with Crippen LogP contribution in [0, 0.1) is 10.1 Å². The maximum absolute atomic E-state index is 12.5. The number of amides is 1. The predicted octanol–water partition coefficient (Wildman–Crippen LogP) is 2.54. The summed E-state index contributed by atoms with van der Waals surface area (Å²) in [4.78, 5) is 27.1. The number of fused-ring (bicyclic) bond motifs is 1. The van der Waals surface area contributed by atoms with Gasteiger partial charge in [0, 0.05) is 18.7 Å². The van der Waals surface area contributed by atoms with Gasteiger partial charge in [0.05, 0.1) is 27.1 Å². The fraction of sp³-hybridized carbons (Fsp3) is 0.222. The first-order valence-electron chi connectivity index (χ1n) is 8.47. The van der Waals surface area contributed by atoms with E-state index < -0.39 is 26.4 Å². The van der Waals surface area contributed by atoms with Gasteiger partial charge >= 0.3 is 0 Å². The van der Waals surface area contributed by atoms with Crippen LogP contribution in [0.2, 0.25) is 0 Å². The van der Waals surface area contributed by atoms with Crippen molar-refractivity contribution in [2.75, 3.05) is 12.9 Å². The maximum atomic E-state index is 12.5. The molecule has 1 heterocycles. The summed E-state index contributed by atoms with van der Waals surface area (Å²) in [7, 11) is -2.40. The smallest absolute Gasteiger partial charge is 0.271 e. The van der Waals surface area contributed by atoms with E-state index >= 15 is 0 Å². The van der Waals surface area contributed by atoms with Crippen LogP contribution in [0.5, 0.6) is 5.75 Å². The number of carbonyl (C=O) groups excluding carboxylic acids is 1. The van der Waals surface area contributed by atoms with Crippen LogP contribution in [0.3, 0.4) is 0 Å². The number of non-ortho nitro benzene ring substituents is 1. The molecular formula is C18H17N3O6S2. The van der Waals surface area contributed by atoms with Gasteiger partial charge in [-0.15, -0.1) is 0 Å². The fourth-order valence-electron chi connectivity index (χ4n) is 2.73. The topological polar surface area (TPSA) is 121 Å². The number of carbonyl (C=O) groups is 1. The van der Waals surface area contributed by atoms with Gasteiger partial charge in [-0.2, -0.15) is 4.99 Å². The number of thiazole rings is 1. The van der Waals surface area contributed by atoms with Gasteiger partial charge in [0.1, 0.15) is 11.5 Å². The van der Waals surface area contributed by atoms with Crippen molar-refractivity contribution in [3.63, 3.8) is 0 Å². The van der Waals surface area contributed by atoms with E-state index in [9.17, 15) is 23.3 Å². The first-order valence-corrected chi connectivity index (χ1v) is 10.9. The lowest BCUT2D eigenvalue weighted by Crippen LogP contribution is -2.20. The predicted molar refractivity (Wildman–Crippen MR) is 108 cm³/mol. The van der Waals surface area contributed by atoms with Gasteiger partial charge < -0.3 is 9.30 Å². The van der Waals surface area contributed by atoms with Gasteiger partial charge in [0.15, 0.2) is 14.6 Å². The van der Waals surface area contributed by atoms with E-state index in [-0.39, 0.29) is 15.4 Å². The molecule has 9 nitrogen and oxygen atoms in total. The van der Waals surface area contributed by atoms with E-state index in [2.05, 4.69) is 4.99 Å². The molecule has 0 aliphatic carbocycles. The highest BCUT2D eigenvalue weighted by Crippen LogP contribution is 2.23. The Morgan fingerprint density at radius 1 is 1.24 bits per heavy atom. The largest absolute Gasteiger partial charge is 0.497 e. The SMILES string of the molecule is CCn1c(=NC(=O)CS(=O)(=O)c2ccc(OC)cc2)sc2ccc([N+](=O)[O-])cc21. The third-order valence-corrected chi connectivity index (χ3v) is 6.82. The van der Waals surface area contributed by atoms with E-state index in [0.717, 1.165) is 0 Å². The minimum Gasteiger partial charge on any atom is -0.497 e. The summed E-state index contributed by atoms with van der Waals surface area (Å²) in [5.41, 5.74) is 0.494. The quantitative estimate of drug-likeness (QED) is 0.433. The molecule has 0 aliphatic rings. The van der Waals surface area contributed by atoms with Crippen molar-refractivity contribution in [3.8, 4) is 5.75 Å². The standard InChI is InChI=1S/C18H17N3O6S2/c1-3-20-15-10-12(21(23)24)4-9-16(15)28-18(20)19-17(22)11-29(25,26)14-7-5-13(27-2)6-8-14/h4-10H,3,11H2,1-2H3. The number of aromatic nitrogens is 1. The first-order chi connectivity index (χ1) is 13.7. The number of nitrogens with zero attached hydrogens (tertiary/aromatic N) is 3. The molecule has 0 bridgehead atoms. The molecule has 1 amide bonds. The fourth-order valence-corrected chi connectivity index (χ4v) is 4.93. The summed E-state index contributed by atoms with van der Waals surface area (Å²) in [5, 5.41) is 11.0. The third-order valence-electron chi connectivity index (χ3n) is 4.14. The van der Waals surface area contributed by atoms with E-state index in [1.807, 2.05) is 6.92 Å². The van der Waals surface area contributed by atoms with Gasteiger partial charge in [-0.1, -0.05) is 11.3 Å². The Morgan fingerprint density at radius 3 is 2.52 bits per heavy atom. The van der Waals surface area contributed by atoms with Crippen molar-refractivity contribution in [1.29, 1.82) is 0 Å². The average Bonchev–Trinajstić information content (AvgIpc) is 3.03. The van der Waals surface area contributed by atoms with Crippen LogP contribution in [-0.2, 0) is 21.2 Å². The molecule has 1 aromatic heterocycles. The Hall–Kier alpha value is -3.05. The van der Waals surface area contributed by atoms with Crippen molar-refractivity contribution >= 4 is 43.0 Å². The monoisotopic (exact) mass is 435 g/mol. The van der Waals surface area contributed by atoms with Crippen molar-refractivity contribution in [1.82, 2.24) is 4.57 Å². The highest BCUT2D eigenvalue weighted by Gasteiger charge is 2.20. The zero-order valence-electron chi connectivity index (χ0n) is 15.6. The van der Waals surface area contributed by atoms with Gasteiger partial charge in [-0.05, 0) is 37.3 Å². The lowest BCUT2D eigenvalue weighted by atomic mass is 10.3. The molecular weight excluding hydrogens is 418 g/mol. The molecule has 0 atom stereocenters. The second-order valence-corrected chi connectivity index (χ2v) is 8.98. The number of nitro groups is 1. The average molecular weight is 435 g/mol. The van der Waals surface area contributed by atoms with Crippen molar-refractivity contribution in [3.05, 3.63) is 57.4 Å². The summed E-state index contributed by atoms with van der Waals surface area (Å²) in [6.07, 6.45) is 0. The first kappa shape index (κ1) is 20.7. The normalized spacial score (nSPS) is 12.3. The highest BCUT2D eigenvalue weighted by atomic mass is 32.2. The Labute approximate surface area is 170 Å². The van der Waals surface area contributed by atoms with Crippen LogP contribution in [0.15, 0.2) is 52.4 Å². The van der Waals surface area contributed by atoms with E-state index in [0.29, 0.717) is 22.5 Å². The molecule has 0 saturated carbocycles. The van der Waals surface area contributed by atoms with Crippen LogP contribution in [0.1, 0.15) is 6.92 Å². The Bertz CT molecular complexity index is 1260. The van der Waals surface area contributed by atoms with E-state index in [1.165, 1.54) is 54.8 Å². The Morgan fingerprint density at radius 2 is 1.93 bits per heavy atom. The van der Waals surface area contributed by atoms with Gasteiger partial charge in [-0.3, -0.25) is 14.9 Å². The number of nitro benzene ring substituents is 1. The number of methoxy groups -OCH3 is 1. The molecule has 11 heteroatoms. The molecule has 0 fully saturated rings. The van der Waals surface area contributed by atoms with Gasteiger partial charge in [0.2, 0.25) is 0 Å². The summed E-state index contributed by atoms with van der Waals surface area (Å²) >= 11 is 1.17. The Balaban J connectivity index is 1.95. The molecule has 0 spiro atoms. The molecule has 152 valence electrons. The summed E-state index contributed by atoms with van der Waals surface area (Å²) in [6.45, 7) is 2.22.